The van der Waals surface area contributed by atoms with E-state index in [9.17, 15) is 19.4 Å². The molecule has 0 atom stereocenters. The molecule has 1 amide bonds. The summed E-state index contributed by atoms with van der Waals surface area (Å²) >= 11 is 1.35. The van der Waals surface area contributed by atoms with E-state index >= 15 is 0 Å². The van der Waals surface area contributed by atoms with Gasteiger partial charge in [-0.05, 0) is 65.7 Å². The number of phenolic OH excluding ortho intramolecular Hbond substituents is 2. The number of thiophene rings is 1. The van der Waals surface area contributed by atoms with E-state index in [2.05, 4.69) is 5.32 Å². The summed E-state index contributed by atoms with van der Waals surface area (Å²) in [6.45, 7) is 0. The summed E-state index contributed by atoms with van der Waals surface area (Å²) in [6, 6.07) is 16.3. The molecule has 0 spiro atoms. The van der Waals surface area contributed by atoms with Gasteiger partial charge >= 0.3 is 0 Å². The summed E-state index contributed by atoms with van der Waals surface area (Å²) in [7, 11) is 1.56. The Morgan fingerprint density at radius 3 is 2.55 bits per heavy atom. The van der Waals surface area contributed by atoms with Crippen LogP contribution in [-0.4, -0.2) is 23.2 Å². The van der Waals surface area contributed by atoms with Crippen molar-refractivity contribution in [3.8, 4) is 33.4 Å². The fraction of sp³-hybridized carbons (Fsp3) is 0.0417. The number of hydrogen-bond acceptors (Lipinski definition) is 5. The summed E-state index contributed by atoms with van der Waals surface area (Å²) in [5, 5.41) is 22.7. The van der Waals surface area contributed by atoms with Crippen molar-refractivity contribution in [3.63, 3.8) is 0 Å². The highest BCUT2D eigenvalue weighted by atomic mass is 32.1. The Morgan fingerprint density at radius 2 is 1.84 bits per heavy atom. The fourth-order valence-electron chi connectivity index (χ4n) is 3.02. The zero-order valence-corrected chi connectivity index (χ0v) is 17.2. The predicted molar refractivity (Wildman–Crippen MR) is 120 cm³/mol. The first-order valence-electron chi connectivity index (χ1n) is 9.36. The topological polar surface area (TPSA) is 78.8 Å². The number of phenols is 2. The number of rotatable bonds is 5. The van der Waals surface area contributed by atoms with Gasteiger partial charge < -0.3 is 20.3 Å². The van der Waals surface area contributed by atoms with Gasteiger partial charge in [-0.3, -0.25) is 4.79 Å². The summed E-state index contributed by atoms with van der Waals surface area (Å²) in [4.78, 5) is 12.0. The number of fused-ring (bicyclic) bond motifs is 1. The molecular formula is C24H18FNO4S. The van der Waals surface area contributed by atoms with Gasteiger partial charge in [-0.1, -0.05) is 12.1 Å². The van der Waals surface area contributed by atoms with Crippen LogP contribution in [0.15, 0.2) is 66.7 Å². The molecule has 3 aromatic carbocycles. The molecular weight excluding hydrogens is 417 g/mol. The van der Waals surface area contributed by atoms with Crippen LogP contribution in [0.25, 0.3) is 26.6 Å². The van der Waals surface area contributed by atoms with Crippen LogP contribution < -0.4 is 10.1 Å². The number of aromatic hydroxyl groups is 2. The highest BCUT2D eigenvalue weighted by molar-refractivity contribution is 7.22. The molecule has 5 nitrogen and oxygen atoms in total. The molecule has 31 heavy (non-hydrogen) atoms. The number of ether oxygens (including phenoxy) is 1. The maximum absolute atomic E-state index is 14.0. The number of hydrogen-bond donors (Lipinski definition) is 3. The Balaban J connectivity index is 1.73. The molecule has 0 saturated carbocycles. The summed E-state index contributed by atoms with van der Waals surface area (Å²) in [5.74, 6) is -0.138. The molecule has 0 saturated heterocycles. The van der Waals surface area contributed by atoms with Gasteiger partial charge in [0.2, 0.25) is 5.91 Å². The summed E-state index contributed by atoms with van der Waals surface area (Å²) in [5.41, 5.74) is 1.38. The number of carbonyl (C=O) groups is 1. The van der Waals surface area contributed by atoms with Gasteiger partial charge in [-0.25, -0.2) is 4.39 Å². The Morgan fingerprint density at radius 1 is 1.06 bits per heavy atom. The lowest BCUT2D eigenvalue weighted by Gasteiger charge is -2.09. The number of benzene rings is 3. The van der Waals surface area contributed by atoms with Crippen molar-refractivity contribution >= 4 is 33.4 Å². The van der Waals surface area contributed by atoms with E-state index in [-0.39, 0.29) is 11.7 Å². The van der Waals surface area contributed by atoms with Crippen LogP contribution in [0, 0.1) is 5.82 Å². The third-order valence-corrected chi connectivity index (χ3v) is 5.79. The summed E-state index contributed by atoms with van der Waals surface area (Å²) in [6.07, 6.45) is 3.13. The Labute approximate surface area is 181 Å². The van der Waals surface area contributed by atoms with Crippen molar-refractivity contribution in [1.82, 2.24) is 5.32 Å². The third kappa shape index (κ3) is 4.36. The van der Waals surface area contributed by atoms with Gasteiger partial charge in [0.1, 0.15) is 11.5 Å². The lowest BCUT2D eigenvalue weighted by molar-refractivity contribution is -0.115. The third-order valence-electron chi connectivity index (χ3n) is 4.61. The highest BCUT2D eigenvalue weighted by Crippen LogP contribution is 2.47. The zero-order chi connectivity index (χ0) is 22.0. The first-order chi connectivity index (χ1) is 14.9. The predicted octanol–water partition coefficient (Wildman–Crippen LogP) is 5.67. The normalized spacial score (nSPS) is 11.2. The van der Waals surface area contributed by atoms with E-state index < -0.39 is 11.6 Å². The van der Waals surface area contributed by atoms with Crippen LogP contribution in [0.3, 0.4) is 0 Å². The molecule has 1 aromatic heterocycles. The Hall–Kier alpha value is -3.84. The molecule has 7 heteroatoms. The van der Waals surface area contributed by atoms with Crippen LogP contribution in [0.5, 0.6) is 23.0 Å². The Bertz CT molecular complexity index is 1300. The highest BCUT2D eigenvalue weighted by Gasteiger charge is 2.18. The van der Waals surface area contributed by atoms with E-state index in [1.165, 1.54) is 29.5 Å². The maximum atomic E-state index is 14.0. The van der Waals surface area contributed by atoms with Crippen molar-refractivity contribution in [2.24, 2.45) is 0 Å². The molecule has 0 aliphatic carbocycles. The van der Waals surface area contributed by atoms with Crippen molar-refractivity contribution < 1.29 is 24.1 Å². The lowest BCUT2D eigenvalue weighted by atomic mass is 10.1. The molecule has 4 rings (SSSR count). The van der Waals surface area contributed by atoms with Crippen LogP contribution >= 0.6 is 11.3 Å². The molecule has 0 aliphatic rings. The van der Waals surface area contributed by atoms with E-state index in [4.69, 9.17) is 4.74 Å². The average Bonchev–Trinajstić information content (AvgIpc) is 3.12. The van der Waals surface area contributed by atoms with Crippen LogP contribution in [-0.2, 0) is 4.79 Å². The molecule has 0 unspecified atom stereocenters. The van der Waals surface area contributed by atoms with Gasteiger partial charge in [-0.15, -0.1) is 11.3 Å². The van der Waals surface area contributed by atoms with Gasteiger partial charge in [0, 0.05) is 23.2 Å². The van der Waals surface area contributed by atoms with Crippen LogP contribution in [0.4, 0.5) is 4.39 Å². The fourth-order valence-corrected chi connectivity index (χ4v) is 4.18. The smallest absolute Gasteiger partial charge is 0.243 e. The molecule has 156 valence electrons. The van der Waals surface area contributed by atoms with Crippen LogP contribution in [0.1, 0.15) is 5.56 Å². The second-order valence-electron chi connectivity index (χ2n) is 6.73. The molecule has 3 N–H and O–H groups in total. The van der Waals surface area contributed by atoms with Gasteiger partial charge in [0.25, 0.3) is 0 Å². The lowest BCUT2D eigenvalue weighted by Crippen LogP contribution is -2.13. The van der Waals surface area contributed by atoms with E-state index in [1.54, 1.807) is 49.5 Å². The minimum Gasteiger partial charge on any atom is -0.508 e. The number of nitrogens with one attached hydrogen (secondary N) is 1. The SMILES string of the molecule is CNC(=O)/C=C/c1ccc(Oc2c(-c3ccc(O)c(F)c3)sc3cc(O)ccc23)cc1. The van der Waals surface area contributed by atoms with Gasteiger partial charge in [-0.2, -0.15) is 0 Å². The van der Waals surface area contributed by atoms with Crippen molar-refractivity contribution in [2.75, 3.05) is 7.05 Å². The number of amides is 1. The minimum absolute atomic E-state index is 0.121. The average molecular weight is 435 g/mol. The van der Waals surface area contributed by atoms with E-state index in [0.29, 0.717) is 21.9 Å². The molecule has 0 aliphatic heterocycles. The maximum Gasteiger partial charge on any atom is 0.243 e. The standard InChI is InChI=1S/C24H18FNO4S/c1-26-22(29)11-4-14-2-7-17(8-3-14)30-23-18-9-6-16(27)13-21(18)31-24(23)15-5-10-20(28)19(25)12-15/h2-13,27-28H,1H3,(H,26,29)/b11-4+. The van der Waals surface area contributed by atoms with E-state index in [1.807, 2.05) is 12.1 Å². The summed E-state index contributed by atoms with van der Waals surface area (Å²) < 4.78 is 20.9. The number of likely N-dealkylation sites (N-methyl/N-ethyl adjacent to an activating group) is 1. The largest absolute Gasteiger partial charge is 0.508 e. The second kappa shape index (κ2) is 8.49. The molecule has 0 radical (unpaired) electrons. The monoisotopic (exact) mass is 435 g/mol. The molecule has 1 heterocycles. The first-order valence-corrected chi connectivity index (χ1v) is 10.2. The second-order valence-corrected chi connectivity index (χ2v) is 7.78. The van der Waals surface area contributed by atoms with E-state index in [0.717, 1.165) is 15.6 Å². The number of carbonyl (C=O) groups excluding carboxylic acids is 1. The molecule has 0 bridgehead atoms. The molecule has 0 fully saturated rings. The van der Waals surface area contributed by atoms with Crippen molar-refractivity contribution in [2.45, 2.75) is 0 Å². The Kier molecular flexibility index (Phi) is 5.60. The molecule has 4 aromatic rings. The van der Waals surface area contributed by atoms with Gasteiger partial charge in [0.05, 0.1) is 4.88 Å². The minimum atomic E-state index is -0.726. The zero-order valence-electron chi connectivity index (χ0n) is 16.4. The van der Waals surface area contributed by atoms with Gasteiger partial charge in [0.15, 0.2) is 17.3 Å². The van der Waals surface area contributed by atoms with Crippen molar-refractivity contribution in [3.05, 3.63) is 78.1 Å². The number of halogens is 1. The van der Waals surface area contributed by atoms with Crippen molar-refractivity contribution in [1.29, 1.82) is 0 Å². The quantitative estimate of drug-likeness (QED) is 0.353. The first kappa shape index (κ1) is 20.4. The van der Waals surface area contributed by atoms with Crippen LogP contribution in [0.2, 0.25) is 0 Å².